The lowest BCUT2D eigenvalue weighted by Crippen LogP contribution is -2.23. The van der Waals surface area contributed by atoms with Gasteiger partial charge in [0.05, 0.1) is 6.04 Å². The molecule has 2 aliphatic rings. The summed E-state index contributed by atoms with van der Waals surface area (Å²) < 4.78 is 0. The minimum atomic E-state index is 0.397. The summed E-state index contributed by atoms with van der Waals surface area (Å²) in [5, 5.41) is 14.5. The van der Waals surface area contributed by atoms with Crippen molar-refractivity contribution in [2.45, 2.75) is 31.7 Å². The summed E-state index contributed by atoms with van der Waals surface area (Å²) in [5.41, 5.74) is 0. The van der Waals surface area contributed by atoms with Crippen molar-refractivity contribution >= 4 is 0 Å². The molecular weight excluding hydrogens is 190 g/mol. The van der Waals surface area contributed by atoms with Gasteiger partial charge in [0.25, 0.3) is 0 Å². The van der Waals surface area contributed by atoms with Crippen LogP contribution in [0.4, 0.5) is 0 Å². The number of fused-ring (bicyclic) bond motifs is 1. The Morgan fingerprint density at radius 2 is 2.20 bits per heavy atom. The lowest BCUT2D eigenvalue weighted by molar-refractivity contribution is 0.230. The maximum atomic E-state index is 4.15. The van der Waals surface area contributed by atoms with Crippen LogP contribution in [0.2, 0.25) is 0 Å². The van der Waals surface area contributed by atoms with Crippen LogP contribution in [0.1, 0.15) is 37.5 Å². The first-order valence-corrected chi connectivity index (χ1v) is 5.80. The first-order valence-electron chi connectivity index (χ1n) is 5.80. The first kappa shape index (κ1) is 9.27. The smallest absolute Gasteiger partial charge is 0.191 e. The third-order valence-electron chi connectivity index (χ3n) is 4.00. The van der Waals surface area contributed by atoms with Crippen LogP contribution in [0.25, 0.3) is 0 Å². The molecule has 3 atom stereocenters. The van der Waals surface area contributed by atoms with Gasteiger partial charge in [-0.15, -0.1) is 10.2 Å². The van der Waals surface area contributed by atoms with E-state index in [9.17, 15) is 0 Å². The van der Waals surface area contributed by atoms with Crippen LogP contribution >= 0.6 is 0 Å². The second-order valence-corrected chi connectivity index (χ2v) is 4.86. The molecule has 5 heteroatoms. The van der Waals surface area contributed by atoms with E-state index in [2.05, 4.69) is 32.6 Å². The molecule has 0 amide bonds. The minimum Gasteiger partial charge on any atom is -0.296 e. The Hall–Kier alpha value is -0.970. The Kier molecular flexibility index (Phi) is 2.20. The molecule has 1 N–H and O–H groups in total. The first-order chi connectivity index (χ1) is 7.36. The number of H-pyrrole nitrogens is 1. The molecule has 0 bridgehead atoms. The monoisotopic (exact) mass is 207 g/mol. The molecule has 0 spiro atoms. The highest BCUT2D eigenvalue weighted by atomic mass is 15.5. The quantitative estimate of drug-likeness (QED) is 0.746. The molecule has 82 valence electrons. The van der Waals surface area contributed by atoms with Crippen molar-refractivity contribution < 1.29 is 0 Å². The Balaban J connectivity index is 1.87. The molecule has 1 aromatic rings. The highest BCUT2D eigenvalue weighted by Gasteiger charge is 2.43. The van der Waals surface area contributed by atoms with E-state index in [4.69, 9.17) is 0 Å². The highest BCUT2D eigenvalue weighted by Crippen LogP contribution is 2.45. The zero-order valence-electron chi connectivity index (χ0n) is 9.06. The van der Waals surface area contributed by atoms with Crippen LogP contribution in [0.15, 0.2) is 0 Å². The van der Waals surface area contributed by atoms with Crippen LogP contribution in [0, 0.1) is 11.8 Å². The van der Waals surface area contributed by atoms with Gasteiger partial charge in [-0.2, -0.15) is 5.21 Å². The van der Waals surface area contributed by atoms with Gasteiger partial charge >= 0.3 is 0 Å². The molecule has 0 unspecified atom stereocenters. The van der Waals surface area contributed by atoms with Crippen LogP contribution in [-0.2, 0) is 0 Å². The molecule has 2 fully saturated rings. The maximum absolute atomic E-state index is 4.15. The van der Waals surface area contributed by atoms with E-state index in [0.717, 1.165) is 17.7 Å². The largest absolute Gasteiger partial charge is 0.296 e. The third kappa shape index (κ3) is 1.45. The fourth-order valence-corrected chi connectivity index (χ4v) is 3.37. The molecule has 1 saturated carbocycles. The van der Waals surface area contributed by atoms with E-state index in [1.54, 1.807) is 0 Å². The van der Waals surface area contributed by atoms with E-state index < -0.39 is 0 Å². The fourth-order valence-electron chi connectivity index (χ4n) is 3.37. The van der Waals surface area contributed by atoms with E-state index >= 15 is 0 Å². The molecule has 0 radical (unpaired) electrons. The molecule has 1 saturated heterocycles. The Labute approximate surface area is 89.2 Å². The third-order valence-corrected chi connectivity index (χ3v) is 4.00. The number of aromatic amines is 1. The SMILES string of the molecule is CN1C[C@@H]2CCCC[C@@H]2[C@@H]1c1nn[nH]n1. The minimum absolute atomic E-state index is 0.397. The van der Waals surface area contributed by atoms with Crippen molar-refractivity contribution in [2.24, 2.45) is 11.8 Å². The number of nitrogens with one attached hydrogen (secondary N) is 1. The average Bonchev–Trinajstić information content (AvgIpc) is 2.82. The second-order valence-electron chi connectivity index (χ2n) is 4.86. The topological polar surface area (TPSA) is 57.7 Å². The van der Waals surface area contributed by atoms with Crippen LogP contribution < -0.4 is 0 Å². The Bertz CT molecular complexity index is 323. The molecule has 1 aromatic heterocycles. The van der Waals surface area contributed by atoms with Crippen molar-refractivity contribution in [3.05, 3.63) is 5.82 Å². The zero-order valence-corrected chi connectivity index (χ0v) is 9.06. The van der Waals surface area contributed by atoms with Crippen LogP contribution in [0.5, 0.6) is 0 Å². The average molecular weight is 207 g/mol. The van der Waals surface area contributed by atoms with Gasteiger partial charge in [-0.05, 0) is 31.7 Å². The molecule has 2 heterocycles. The van der Waals surface area contributed by atoms with Gasteiger partial charge < -0.3 is 0 Å². The van der Waals surface area contributed by atoms with Crippen molar-refractivity contribution in [3.8, 4) is 0 Å². The molecule has 3 rings (SSSR count). The summed E-state index contributed by atoms with van der Waals surface area (Å²) in [6, 6.07) is 0.397. The van der Waals surface area contributed by atoms with Gasteiger partial charge in [0.2, 0.25) is 0 Å². The van der Waals surface area contributed by atoms with Crippen molar-refractivity contribution in [3.63, 3.8) is 0 Å². The van der Waals surface area contributed by atoms with E-state index in [-0.39, 0.29) is 0 Å². The summed E-state index contributed by atoms with van der Waals surface area (Å²) in [5.74, 6) is 2.49. The lowest BCUT2D eigenvalue weighted by atomic mass is 9.78. The summed E-state index contributed by atoms with van der Waals surface area (Å²) in [6.07, 6.45) is 5.47. The summed E-state index contributed by atoms with van der Waals surface area (Å²) in [7, 11) is 2.18. The fraction of sp³-hybridized carbons (Fsp3) is 0.900. The molecule has 1 aliphatic carbocycles. The van der Waals surface area contributed by atoms with Crippen molar-refractivity contribution in [2.75, 3.05) is 13.6 Å². The Morgan fingerprint density at radius 1 is 1.33 bits per heavy atom. The van der Waals surface area contributed by atoms with Crippen LogP contribution in [-0.4, -0.2) is 39.1 Å². The summed E-state index contributed by atoms with van der Waals surface area (Å²) in [4.78, 5) is 2.39. The number of rotatable bonds is 1. The summed E-state index contributed by atoms with van der Waals surface area (Å²) in [6.45, 7) is 1.20. The predicted octanol–water partition coefficient (Wildman–Crippen LogP) is 0.993. The van der Waals surface area contributed by atoms with Gasteiger partial charge in [-0.3, -0.25) is 4.90 Å². The number of hydrogen-bond donors (Lipinski definition) is 1. The Morgan fingerprint density at radius 3 is 3.00 bits per heavy atom. The van der Waals surface area contributed by atoms with Gasteiger partial charge in [0, 0.05) is 6.54 Å². The molecule has 15 heavy (non-hydrogen) atoms. The molecule has 5 nitrogen and oxygen atoms in total. The van der Waals surface area contributed by atoms with Crippen LogP contribution in [0.3, 0.4) is 0 Å². The number of hydrogen-bond acceptors (Lipinski definition) is 4. The van der Waals surface area contributed by atoms with Gasteiger partial charge in [-0.25, -0.2) is 0 Å². The number of tetrazole rings is 1. The normalized spacial score (nSPS) is 36.7. The maximum Gasteiger partial charge on any atom is 0.191 e. The van der Waals surface area contributed by atoms with E-state index in [1.165, 1.54) is 32.2 Å². The lowest BCUT2D eigenvalue weighted by Gasteiger charge is -2.27. The van der Waals surface area contributed by atoms with E-state index in [1.807, 2.05) is 0 Å². The van der Waals surface area contributed by atoms with Gasteiger partial charge in [0.15, 0.2) is 5.82 Å². The zero-order chi connectivity index (χ0) is 10.3. The second kappa shape index (κ2) is 3.56. The number of likely N-dealkylation sites (tertiary alicyclic amines) is 1. The standard InChI is InChI=1S/C10H17N5/c1-15-6-7-4-2-3-5-8(7)9(15)10-11-13-14-12-10/h7-9H,2-6H2,1H3,(H,11,12,13,14)/t7-,8-,9+/m0/s1. The molecular formula is C10H17N5. The predicted molar refractivity (Wildman–Crippen MR) is 55.0 cm³/mol. The van der Waals surface area contributed by atoms with Crippen molar-refractivity contribution in [1.29, 1.82) is 0 Å². The van der Waals surface area contributed by atoms with Gasteiger partial charge in [0.1, 0.15) is 0 Å². The number of aromatic nitrogens is 4. The van der Waals surface area contributed by atoms with Crippen molar-refractivity contribution in [1.82, 2.24) is 25.5 Å². The molecule has 0 aromatic carbocycles. The van der Waals surface area contributed by atoms with Gasteiger partial charge in [-0.1, -0.05) is 18.1 Å². The summed E-state index contributed by atoms with van der Waals surface area (Å²) >= 11 is 0. The van der Waals surface area contributed by atoms with E-state index in [0.29, 0.717) is 6.04 Å². The molecule has 1 aliphatic heterocycles. The highest BCUT2D eigenvalue weighted by molar-refractivity contribution is 5.02. The number of nitrogens with zero attached hydrogens (tertiary/aromatic N) is 4.